The van der Waals surface area contributed by atoms with Crippen LogP contribution in [0.1, 0.15) is 61.9 Å². The topological polar surface area (TPSA) is 34.1 Å². The number of nitrogens with zero attached hydrogens (tertiary/aromatic N) is 1. The molecular weight excluding hydrogens is 340 g/mol. The summed E-state index contributed by atoms with van der Waals surface area (Å²) in [6.07, 6.45) is 8.44. The van der Waals surface area contributed by atoms with Gasteiger partial charge in [-0.1, -0.05) is 18.9 Å². The Morgan fingerprint density at radius 1 is 1.19 bits per heavy atom. The van der Waals surface area contributed by atoms with E-state index >= 15 is 0 Å². The molecule has 1 aliphatic heterocycles. The van der Waals surface area contributed by atoms with Gasteiger partial charge in [0.25, 0.3) is 0 Å². The van der Waals surface area contributed by atoms with Crippen molar-refractivity contribution in [3.8, 4) is 0 Å². The van der Waals surface area contributed by atoms with E-state index in [1.54, 1.807) is 11.3 Å². The van der Waals surface area contributed by atoms with E-state index in [4.69, 9.17) is 9.72 Å². The third-order valence-corrected chi connectivity index (χ3v) is 7.02. The molecule has 4 heteroatoms. The molecule has 0 bridgehead atoms. The molecular formula is C22H30N2OS. The lowest BCUT2D eigenvalue weighted by Gasteiger charge is -2.46. The summed E-state index contributed by atoms with van der Waals surface area (Å²) in [6, 6.07) is 8.74. The van der Waals surface area contributed by atoms with Gasteiger partial charge in [0.05, 0.1) is 5.60 Å². The molecule has 1 atom stereocenters. The fourth-order valence-electron chi connectivity index (χ4n) is 4.91. The highest BCUT2D eigenvalue weighted by atomic mass is 32.1. The minimum Gasteiger partial charge on any atom is -0.375 e. The average Bonchev–Trinajstić information content (AvgIpc) is 3.31. The van der Waals surface area contributed by atoms with E-state index in [0.717, 1.165) is 44.7 Å². The molecule has 4 rings (SSSR count). The quantitative estimate of drug-likeness (QED) is 0.727. The largest absolute Gasteiger partial charge is 0.375 e. The highest BCUT2D eigenvalue weighted by Crippen LogP contribution is 2.49. The van der Waals surface area contributed by atoms with E-state index in [9.17, 15) is 0 Å². The summed E-state index contributed by atoms with van der Waals surface area (Å²) in [7, 11) is 0. The van der Waals surface area contributed by atoms with Gasteiger partial charge in [-0.25, -0.2) is 0 Å². The van der Waals surface area contributed by atoms with Gasteiger partial charge in [0.15, 0.2) is 0 Å². The summed E-state index contributed by atoms with van der Waals surface area (Å²) >= 11 is 1.77. The van der Waals surface area contributed by atoms with Crippen molar-refractivity contribution in [3.63, 3.8) is 0 Å². The van der Waals surface area contributed by atoms with Crippen LogP contribution in [-0.4, -0.2) is 23.7 Å². The minimum absolute atomic E-state index is 0.108. The summed E-state index contributed by atoms with van der Waals surface area (Å²) in [4.78, 5) is 4.97. The van der Waals surface area contributed by atoms with Gasteiger partial charge in [0, 0.05) is 30.0 Å². The molecule has 0 radical (unpaired) electrons. The molecule has 2 aromatic heterocycles. The van der Waals surface area contributed by atoms with Crippen molar-refractivity contribution in [2.24, 2.45) is 0 Å². The summed E-state index contributed by atoms with van der Waals surface area (Å²) < 4.78 is 6.35. The first kappa shape index (κ1) is 18.1. The van der Waals surface area contributed by atoms with Crippen LogP contribution in [0.3, 0.4) is 0 Å². The van der Waals surface area contributed by atoms with Crippen LogP contribution in [0, 0.1) is 6.92 Å². The van der Waals surface area contributed by atoms with E-state index in [1.165, 1.54) is 36.9 Å². The molecule has 1 aliphatic carbocycles. The standard InChI is InChI=1S/C22H30N2OS/c1-18-5-4-6-20(24-18)21(10-12-23-15-19-7-14-26-16-19)11-13-25-22(17-21)8-2-3-9-22/h4-7,14,16,23H,2-3,8-13,15,17H2,1H3. The molecule has 1 unspecified atom stereocenters. The van der Waals surface area contributed by atoms with Crippen LogP contribution < -0.4 is 5.32 Å². The third kappa shape index (κ3) is 3.88. The fourth-order valence-corrected chi connectivity index (χ4v) is 5.58. The zero-order valence-electron chi connectivity index (χ0n) is 15.8. The summed E-state index contributed by atoms with van der Waals surface area (Å²) in [6.45, 7) is 4.97. The Hall–Kier alpha value is -1.23. The van der Waals surface area contributed by atoms with Crippen molar-refractivity contribution in [1.29, 1.82) is 0 Å². The van der Waals surface area contributed by atoms with Crippen LogP contribution in [-0.2, 0) is 16.7 Å². The first-order chi connectivity index (χ1) is 12.7. The minimum atomic E-state index is 0.108. The monoisotopic (exact) mass is 370 g/mol. The summed E-state index contributed by atoms with van der Waals surface area (Å²) in [5.41, 5.74) is 4.05. The van der Waals surface area contributed by atoms with E-state index in [0.29, 0.717) is 0 Å². The number of pyridine rings is 1. The second-order valence-corrected chi connectivity index (χ2v) is 8.95. The maximum Gasteiger partial charge on any atom is 0.0691 e. The molecule has 2 fully saturated rings. The molecule has 140 valence electrons. The average molecular weight is 371 g/mol. The molecule has 3 heterocycles. The molecule has 3 nitrogen and oxygen atoms in total. The van der Waals surface area contributed by atoms with E-state index in [2.05, 4.69) is 47.3 Å². The van der Waals surface area contributed by atoms with Gasteiger partial charge in [-0.15, -0.1) is 0 Å². The van der Waals surface area contributed by atoms with Gasteiger partial charge >= 0.3 is 0 Å². The summed E-state index contributed by atoms with van der Waals surface area (Å²) in [5, 5.41) is 8.04. The Balaban J connectivity index is 1.51. The van der Waals surface area contributed by atoms with Crippen LogP contribution in [0.2, 0.25) is 0 Å². The lowest BCUT2D eigenvalue weighted by molar-refractivity contribution is -0.104. The SMILES string of the molecule is Cc1cccc(C2(CCNCc3ccsc3)CCOC3(CCCC3)C2)n1. The zero-order chi connectivity index (χ0) is 17.9. The van der Waals surface area contributed by atoms with Gasteiger partial charge in [0.2, 0.25) is 0 Å². The molecule has 0 aromatic carbocycles. The van der Waals surface area contributed by atoms with Crippen LogP contribution in [0.25, 0.3) is 0 Å². The molecule has 26 heavy (non-hydrogen) atoms. The Kier molecular flexibility index (Phi) is 5.44. The van der Waals surface area contributed by atoms with Gasteiger partial charge in [-0.2, -0.15) is 11.3 Å². The predicted octanol–water partition coefficient (Wildman–Crippen LogP) is 4.99. The number of aromatic nitrogens is 1. The number of hydrogen-bond donors (Lipinski definition) is 1. The Bertz CT molecular complexity index is 709. The molecule has 2 aromatic rings. The molecule has 1 saturated heterocycles. The number of aryl methyl sites for hydroxylation is 1. The van der Waals surface area contributed by atoms with Crippen LogP contribution in [0.5, 0.6) is 0 Å². The lowest BCUT2D eigenvalue weighted by atomic mass is 9.68. The molecule has 1 N–H and O–H groups in total. The van der Waals surface area contributed by atoms with Crippen molar-refractivity contribution >= 4 is 11.3 Å². The first-order valence-corrected chi connectivity index (χ1v) is 10.9. The van der Waals surface area contributed by atoms with Crippen molar-refractivity contribution in [1.82, 2.24) is 10.3 Å². The number of nitrogens with one attached hydrogen (secondary N) is 1. The molecule has 1 saturated carbocycles. The van der Waals surface area contributed by atoms with E-state index in [-0.39, 0.29) is 11.0 Å². The highest BCUT2D eigenvalue weighted by Gasteiger charge is 2.48. The molecule has 1 spiro atoms. The van der Waals surface area contributed by atoms with Crippen molar-refractivity contribution in [2.75, 3.05) is 13.2 Å². The number of rotatable bonds is 6. The molecule has 2 aliphatic rings. The lowest BCUT2D eigenvalue weighted by Crippen LogP contribution is -2.47. The summed E-state index contributed by atoms with van der Waals surface area (Å²) in [5.74, 6) is 0. The zero-order valence-corrected chi connectivity index (χ0v) is 16.6. The third-order valence-electron chi connectivity index (χ3n) is 6.29. The number of thiophene rings is 1. The number of hydrogen-bond acceptors (Lipinski definition) is 4. The smallest absolute Gasteiger partial charge is 0.0691 e. The van der Waals surface area contributed by atoms with Crippen LogP contribution in [0.15, 0.2) is 35.0 Å². The Morgan fingerprint density at radius 3 is 2.85 bits per heavy atom. The number of ether oxygens (including phenoxy) is 1. The van der Waals surface area contributed by atoms with Gasteiger partial charge in [0.1, 0.15) is 0 Å². The van der Waals surface area contributed by atoms with Gasteiger partial charge in [-0.05, 0) is 80.1 Å². The van der Waals surface area contributed by atoms with Gasteiger partial charge < -0.3 is 10.1 Å². The van der Waals surface area contributed by atoms with Crippen molar-refractivity contribution in [3.05, 3.63) is 52.0 Å². The van der Waals surface area contributed by atoms with E-state index < -0.39 is 0 Å². The first-order valence-electron chi connectivity index (χ1n) is 10.00. The van der Waals surface area contributed by atoms with E-state index in [1.807, 2.05) is 0 Å². The van der Waals surface area contributed by atoms with Crippen molar-refractivity contribution < 1.29 is 4.74 Å². The highest BCUT2D eigenvalue weighted by molar-refractivity contribution is 7.07. The van der Waals surface area contributed by atoms with Crippen LogP contribution >= 0.6 is 11.3 Å². The second kappa shape index (κ2) is 7.79. The molecule has 0 amide bonds. The Labute approximate surface area is 161 Å². The predicted molar refractivity (Wildman–Crippen MR) is 108 cm³/mol. The van der Waals surface area contributed by atoms with Crippen molar-refractivity contribution in [2.45, 2.75) is 69.4 Å². The normalized spacial score (nSPS) is 25.0. The second-order valence-electron chi connectivity index (χ2n) is 8.17. The van der Waals surface area contributed by atoms with Crippen LogP contribution in [0.4, 0.5) is 0 Å². The maximum atomic E-state index is 6.35. The fraction of sp³-hybridized carbons (Fsp3) is 0.591. The Morgan fingerprint density at radius 2 is 2.08 bits per heavy atom. The van der Waals surface area contributed by atoms with Gasteiger partial charge in [-0.3, -0.25) is 4.98 Å². The maximum absolute atomic E-state index is 6.35.